The van der Waals surface area contributed by atoms with Crippen LogP contribution in [0.2, 0.25) is 5.02 Å². The Hall–Kier alpha value is -1.38. The second-order valence-electron chi connectivity index (χ2n) is 3.92. The minimum absolute atomic E-state index is 0.363. The Morgan fingerprint density at radius 1 is 1.12 bits per heavy atom. The van der Waals surface area contributed by atoms with Crippen LogP contribution >= 0.6 is 11.6 Å². The fraction of sp³-hybridized carbons (Fsp3) is 0.143. The van der Waals surface area contributed by atoms with Gasteiger partial charge >= 0.3 is 0 Å². The maximum atomic E-state index is 13.2. The first kappa shape index (κ1) is 12.1. The summed E-state index contributed by atoms with van der Waals surface area (Å²) in [4.78, 5) is 0. The largest absolute Gasteiger partial charge is 0.384 e. The number of aryl methyl sites for hydroxylation is 1. The molecule has 1 nitrogen and oxygen atoms in total. The van der Waals surface area contributed by atoms with Crippen molar-refractivity contribution in [2.24, 2.45) is 0 Å². The summed E-state index contributed by atoms with van der Waals surface area (Å²) in [6, 6.07) is 11.4. The fourth-order valence-electron chi connectivity index (χ4n) is 1.79. The quantitative estimate of drug-likeness (QED) is 0.858. The lowest BCUT2D eigenvalue weighted by Crippen LogP contribution is -2.03. The third kappa shape index (κ3) is 2.48. The number of aliphatic hydroxyl groups is 1. The number of benzene rings is 2. The molecule has 0 bridgehead atoms. The van der Waals surface area contributed by atoms with Crippen molar-refractivity contribution in [3.05, 3.63) is 70.0 Å². The highest BCUT2D eigenvalue weighted by molar-refractivity contribution is 6.31. The van der Waals surface area contributed by atoms with Crippen molar-refractivity contribution in [2.75, 3.05) is 0 Å². The van der Waals surface area contributed by atoms with Crippen molar-refractivity contribution in [3.63, 3.8) is 0 Å². The molecule has 0 spiro atoms. The predicted octanol–water partition coefficient (Wildman–Crippen LogP) is 3.87. The minimum atomic E-state index is -0.903. The Morgan fingerprint density at radius 3 is 2.53 bits per heavy atom. The van der Waals surface area contributed by atoms with E-state index in [2.05, 4.69) is 0 Å². The molecular formula is C14H12ClFO. The van der Waals surface area contributed by atoms with E-state index in [-0.39, 0.29) is 0 Å². The van der Waals surface area contributed by atoms with E-state index < -0.39 is 11.9 Å². The van der Waals surface area contributed by atoms with Gasteiger partial charge in [-0.05, 0) is 36.2 Å². The summed E-state index contributed by atoms with van der Waals surface area (Å²) in [6.45, 7) is 1.89. The Kier molecular flexibility index (Phi) is 3.46. The van der Waals surface area contributed by atoms with Crippen molar-refractivity contribution in [3.8, 4) is 0 Å². The zero-order valence-electron chi connectivity index (χ0n) is 9.32. The third-order valence-electron chi connectivity index (χ3n) is 2.74. The van der Waals surface area contributed by atoms with Crippen LogP contribution in [-0.2, 0) is 0 Å². The van der Waals surface area contributed by atoms with Gasteiger partial charge in [-0.15, -0.1) is 0 Å². The lowest BCUT2D eigenvalue weighted by atomic mass is 9.97. The highest BCUT2D eigenvalue weighted by atomic mass is 35.5. The molecule has 3 heteroatoms. The van der Waals surface area contributed by atoms with Crippen LogP contribution in [0.25, 0.3) is 0 Å². The number of aliphatic hydroxyl groups excluding tert-OH is 1. The van der Waals surface area contributed by atoms with E-state index >= 15 is 0 Å². The van der Waals surface area contributed by atoms with E-state index in [1.54, 1.807) is 6.07 Å². The van der Waals surface area contributed by atoms with Crippen LogP contribution in [0.15, 0.2) is 42.5 Å². The normalized spacial score (nSPS) is 12.5. The first-order valence-electron chi connectivity index (χ1n) is 5.28. The molecule has 0 aromatic heterocycles. The molecule has 0 saturated heterocycles. The molecule has 0 heterocycles. The lowest BCUT2D eigenvalue weighted by Gasteiger charge is -2.15. The molecule has 2 aromatic rings. The zero-order chi connectivity index (χ0) is 12.4. The number of hydrogen-bond acceptors (Lipinski definition) is 1. The number of halogens is 2. The van der Waals surface area contributed by atoms with Gasteiger partial charge in [0, 0.05) is 10.6 Å². The van der Waals surface area contributed by atoms with E-state index in [0.717, 1.165) is 11.1 Å². The maximum absolute atomic E-state index is 13.2. The molecule has 88 valence electrons. The number of rotatable bonds is 2. The van der Waals surface area contributed by atoms with Gasteiger partial charge in [-0.1, -0.05) is 35.9 Å². The van der Waals surface area contributed by atoms with Crippen molar-refractivity contribution in [1.82, 2.24) is 0 Å². The smallest absolute Gasteiger partial charge is 0.123 e. The van der Waals surface area contributed by atoms with Crippen LogP contribution in [0.4, 0.5) is 4.39 Å². The van der Waals surface area contributed by atoms with Gasteiger partial charge in [0.2, 0.25) is 0 Å². The van der Waals surface area contributed by atoms with Crippen molar-refractivity contribution < 1.29 is 9.50 Å². The van der Waals surface area contributed by atoms with Gasteiger partial charge < -0.3 is 5.11 Å². The summed E-state index contributed by atoms with van der Waals surface area (Å²) in [5.74, 6) is -0.406. The molecule has 0 aliphatic rings. The summed E-state index contributed by atoms with van der Waals surface area (Å²) in [5.41, 5.74) is 2.07. The molecule has 0 fully saturated rings. The fourth-order valence-corrected chi connectivity index (χ4v) is 2.01. The van der Waals surface area contributed by atoms with Crippen molar-refractivity contribution in [1.29, 1.82) is 0 Å². The summed E-state index contributed by atoms with van der Waals surface area (Å²) in [6.07, 6.45) is -0.903. The van der Waals surface area contributed by atoms with E-state index in [1.807, 2.05) is 25.1 Å². The van der Waals surface area contributed by atoms with E-state index in [4.69, 9.17) is 11.6 Å². The molecule has 17 heavy (non-hydrogen) atoms. The highest BCUT2D eigenvalue weighted by Gasteiger charge is 2.16. The predicted molar refractivity (Wildman–Crippen MR) is 66.7 cm³/mol. The van der Waals surface area contributed by atoms with E-state index in [9.17, 15) is 9.50 Å². The van der Waals surface area contributed by atoms with Gasteiger partial charge in [0.1, 0.15) is 11.9 Å². The molecule has 0 amide bonds. The molecule has 1 N–H and O–H groups in total. The molecule has 1 atom stereocenters. The average molecular weight is 251 g/mol. The molecular weight excluding hydrogens is 239 g/mol. The van der Waals surface area contributed by atoms with Gasteiger partial charge in [-0.25, -0.2) is 4.39 Å². The summed E-state index contributed by atoms with van der Waals surface area (Å²) < 4.78 is 13.2. The van der Waals surface area contributed by atoms with Crippen LogP contribution in [0.1, 0.15) is 22.8 Å². The maximum Gasteiger partial charge on any atom is 0.123 e. The molecule has 0 radical (unpaired) electrons. The van der Waals surface area contributed by atoms with Gasteiger partial charge in [0.05, 0.1) is 0 Å². The Labute approximate surface area is 104 Å². The SMILES string of the molecule is Cc1ccccc1C(O)c1cc(F)ccc1Cl. The molecule has 2 aromatic carbocycles. The van der Waals surface area contributed by atoms with Crippen molar-refractivity contribution >= 4 is 11.6 Å². The first-order valence-corrected chi connectivity index (χ1v) is 5.66. The third-order valence-corrected chi connectivity index (χ3v) is 3.08. The second-order valence-corrected chi connectivity index (χ2v) is 4.33. The van der Waals surface area contributed by atoms with Gasteiger partial charge in [-0.2, -0.15) is 0 Å². The van der Waals surface area contributed by atoms with Gasteiger partial charge in [0.25, 0.3) is 0 Å². The van der Waals surface area contributed by atoms with Crippen LogP contribution in [0.5, 0.6) is 0 Å². The van der Waals surface area contributed by atoms with Gasteiger partial charge in [-0.3, -0.25) is 0 Å². The van der Waals surface area contributed by atoms with Crippen LogP contribution < -0.4 is 0 Å². The Balaban J connectivity index is 2.47. The standard InChI is InChI=1S/C14H12ClFO/c1-9-4-2-3-5-11(9)14(17)12-8-10(16)6-7-13(12)15/h2-8,14,17H,1H3. The molecule has 0 aliphatic heterocycles. The zero-order valence-corrected chi connectivity index (χ0v) is 10.1. The Bertz CT molecular complexity index is 539. The molecule has 0 saturated carbocycles. The lowest BCUT2D eigenvalue weighted by molar-refractivity contribution is 0.219. The van der Waals surface area contributed by atoms with E-state index in [0.29, 0.717) is 10.6 Å². The van der Waals surface area contributed by atoms with Crippen LogP contribution in [0, 0.1) is 12.7 Å². The Morgan fingerprint density at radius 2 is 1.82 bits per heavy atom. The van der Waals surface area contributed by atoms with Crippen molar-refractivity contribution in [2.45, 2.75) is 13.0 Å². The molecule has 0 aliphatic carbocycles. The summed E-state index contributed by atoms with van der Waals surface area (Å²) >= 11 is 5.97. The van der Waals surface area contributed by atoms with Crippen LogP contribution in [-0.4, -0.2) is 5.11 Å². The van der Waals surface area contributed by atoms with Gasteiger partial charge in [0.15, 0.2) is 0 Å². The monoisotopic (exact) mass is 250 g/mol. The molecule has 1 unspecified atom stereocenters. The second kappa shape index (κ2) is 4.86. The number of hydrogen-bond donors (Lipinski definition) is 1. The highest BCUT2D eigenvalue weighted by Crippen LogP contribution is 2.30. The first-order chi connectivity index (χ1) is 8.09. The topological polar surface area (TPSA) is 20.2 Å². The summed E-state index contributed by atoms with van der Waals surface area (Å²) in [7, 11) is 0. The summed E-state index contributed by atoms with van der Waals surface area (Å²) in [5, 5.41) is 10.6. The average Bonchev–Trinajstić information content (AvgIpc) is 2.32. The molecule has 2 rings (SSSR count). The van der Waals surface area contributed by atoms with Crippen LogP contribution in [0.3, 0.4) is 0 Å². The van der Waals surface area contributed by atoms with E-state index in [1.165, 1.54) is 18.2 Å². The minimum Gasteiger partial charge on any atom is -0.384 e.